The lowest BCUT2D eigenvalue weighted by molar-refractivity contribution is 0.0951. The molecular formula is C14H11Cl2FN2O2. The van der Waals surface area contributed by atoms with Crippen molar-refractivity contribution in [3.63, 3.8) is 0 Å². The van der Waals surface area contributed by atoms with Crippen molar-refractivity contribution >= 4 is 29.1 Å². The monoisotopic (exact) mass is 328 g/mol. The Morgan fingerprint density at radius 3 is 2.76 bits per heavy atom. The van der Waals surface area contributed by atoms with Crippen LogP contribution in [-0.4, -0.2) is 18.0 Å². The largest absolute Gasteiger partial charge is 0.494 e. The molecule has 0 unspecified atom stereocenters. The maximum Gasteiger partial charge on any atom is 0.256 e. The summed E-state index contributed by atoms with van der Waals surface area (Å²) in [5, 5.41) is 2.82. The predicted octanol–water partition coefficient (Wildman–Crippen LogP) is 3.47. The molecule has 2 aromatic rings. The number of benzene rings is 1. The van der Waals surface area contributed by atoms with Crippen LogP contribution in [0.25, 0.3) is 0 Å². The fourth-order valence-electron chi connectivity index (χ4n) is 1.71. The van der Waals surface area contributed by atoms with Crippen LogP contribution in [0.4, 0.5) is 4.39 Å². The molecule has 0 aliphatic carbocycles. The van der Waals surface area contributed by atoms with Gasteiger partial charge in [0.2, 0.25) is 0 Å². The maximum atomic E-state index is 13.5. The minimum Gasteiger partial charge on any atom is -0.494 e. The number of methoxy groups -OCH3 is 1. The van der Waals surface area contributed by atoms with Gasteiger partial charge in [-0.1, -0.05) is 29.3 Å². The molecule has 0 spiro atoms. The molecule has 0 radical (unpaired) electrons. The zero-order valence-electron chi connectivity index (χ0n) is 11.0. The maximum absolute atomic E-state index is 13.5. The number of hydrogen-bond acceptors (Lipinski definition) is 3. The van der Waals surface area contributed by atoms with E-state index in [1.54, 1.807) is 6.07 Å². The summed E-state index contributed by atoms with van der Waals surface area (Å²) in [5.41, 5.74) is 0.674. The van der Waals surface area contributed by atoms with Gasteiger partial charge in [-0.3, -0.25) is 4.79 Å². The number of nitrogens with one attached hydrogen (secondary N) is 1. The molecule has 1 aromatic heterocycles. The first-order valence-electron chi connectivity index (χ1n) is 5.93. The standard InChI is InChI=1S/C14H11Cl2FN2O2/c1-21-11-3-2-8(6-10(11)17)7-19-14(20)12-9(15)4-5-18-13(12)16/h2-6H,7H2,1H3,(H,19,20). The number of carbonyl (C=O) groups is 1. The van der Waals surface area contributed by atoms with E-state index in [0.717, 1.165) is 0 Å². The molecule has 2 rings (SSSR count). The number of pyridine rings is 1. The Morgan fingerprint density at radius 1 is 1.38 bits per heavy atom. The zero-order chi connectivity index (χ0) is 15.4. The minimum atomic E-state index is -0.498. The summed E-state index contributed by atoms with van der Waals surface area (Å²) < 4.78 is 18.4. The Kier molecular flexibility index (Phi) is 4.98. The second kappa shape index (κ2) is 6.74. The van der Waals surface area contributed by atoms with Gasteiger partial charge in [0.05, 0.1) is 17.7 Å². The first-order chi connectivity index (χ1) is 10.0. The second-order valence-corrected chi connectivity index (χ2v) is 4.88. The van der Waals surface area contributed by atoms with E-state index in [4.69, 9.17) is 27.9 Å². The fourth-order valence-corrected chi connectivity index (χ4v) is 2.23. The van der Waals surface area contributed by atoms with Crippen LogP contribution in [0, 0.1) is 5.82 Å². The predicted molar refractivity (Wildman–Crippen MR) is 78.4 cm³/mol. The van der Waals surface area contributed by atoms with E-state index in [0.29, 0.717) is 5.56 Å². The van der Waals surface area contributed by atoms with Crippen molar-refractivity contribution in [3.8, 4) is 5.75 Å². The average Bonchev–Trinajstić information content (AvgIpc) is 2.45. The van der Waals surface area contributed by atoms with Crippen molar-refractivity contribution in [1.29, 1.82) is 0 Å². The number of amides is 1. The molecule has 1 aromatic carbocycles. The molecule has 0 fully saturated rings. The van der Waals surface area contributed by atoms with Crippen LogP contribution < -0.4 is 10.1 Å². The number of nitrogens with zero attached hydrogens (tertiary/aromatic N) is 1. The Labute approximate surface area is 130 Å². The highest BCUT2D eigenvalue weighted by Gasteiger charge is 2.15. The van der Waals surface area contributed by atoms with Gasteiger partial charge in [-0.15, -0.1) is 0 Å². The molecular weight excluding hydrogens is 318 g/mol. The second-order valence-electron chi connectivity index (χ2n) is 4.11. The molecule has 0 aliphatic heterocycles. The lowest BCUT2D eigenvalue weighted by atomic mass is 10.2. The van der Waals surface area contributed by atoms with E-state index in [1.165, 1.54) is 31.5 Å². The summed E-state index contributed by atoms with van der Waals surface area (Å²) in [6.07, 6.45) is 1.40. The molecule has 0 bridgehead atoms. The number of hydrogen-bond donors (Lipinski definition) is 1. The quantitative estimate of drug-likeness (QED) is 0.874. The van der Waals surface area contributed by atoms with E-state index >= 15 is 0 Å². The Balaban J connectivity index is 2.09. The van der Waals surface area contributed by atoms with Gasteiger partial charge in [-0.2, -0.15) is 0 Å². The van der Waals surface area contributed by atoms with Gasteiger partial charge >= 0.3 is 0 Å². The third-order valence-electron chi connectivity index (χ3n) is 2.75. The number of halogens is 3. The number of aromatic nitrogens is 1. The molecule has 0 aliphatic rings. The van der Waals surface area contributed by atoms with Crippen molar-refractivity contribution in [2.24, 2.45) is 0 Å². The summed E-state index contributed by atoms with van der Waals surface area (Å²) >= 11 is 11.7. The molecule has 1 N–H and O–H groups in total. The first-order valence-corrected chi connectivity index (χ1v) is 6.69. The van der Waals surface area contributed by atoms with E-state index in [1.807, 2.05) is 0 Å². The third-order valence-corrected chi connectivity index (χ3v) is 3.35. The van der Waals surface area contributed by atoms with Crippen molar-refractivity contribution in [2.45, 2.75) is 6.54 Å². The zero-order valence-corrected chi connectivity index (χ0v) is 12.5. The molecule has 7 heteroatoms. The summed E-state index contributed by atoms with van der Waals surface area (Å²) in [6, 6.07) is 5.89. The van der Waals surface area contributed by atoms with Crippen LogP contribution in [-0.2, 0) is 6.54 Å². The van der Waals surface area contributed by atoms with Crippen LogP contribution in [0.5, 0.6) is 5.75 Å². The smallest absolute Gasteiger partial charge is 0.256 e. The SMILES string of the molecule is COc1ccc(CNC(=O)c2c(Cl)ccnc2Cl)cc1F. The number of rotatable bonds is 4. The topological polar surface area (TPSA) is 51.2 Å². The normalized spacial score (nSPS) is 10.3. The minimum absolute atomic E-state index is 0.0147. The Bertz CT molecular complexity index is 660. The highest BCUT2D eigenvalue weighted by Crippen LogP contribution is 2.22. The lowest BCUT2D eigenvalue weighted by Crippen LogP contribution is -2.23. The van der Waals surface area contributed by atoms with Crippen molar-refractivity contribution < 1.29 is 13.9 Å². The van der Waals surface area contributed by atoms with Crippen LogP contribution in [0.1, 0.15) is 15.9 Å². The molecule has 1 amide bonds. The van der Waals surface area contributed by atoms with E-state index in [-0.39, 0.29) is 28.0 Å². The summed E-state index contributed by atoms with van der Waals surface area (Å²) in [6.45, 7) is 0.126. The van der Waals surface area contributed by atoms with Crippen LogP contribution in [0.15, 0.2) is 30.5 Å². The summed E-state index contributed by atoms with van der Waals surface area (Å²) in [7, 11) is 1.38. The molecule has 4 nitrogen and oxygen atoms in total. The molecule has 0 saturated heterocycles. The van der Waals surface area contributed by atoms with Gasteiger partial charge in [0, 0.05) is 12.7 Å². The molecule has 0 atom stereocenters. The van der Waals surface area contributed by atoms with Gasteiger partial charge in [-0.05, 0) is 23.8 Å². The average molecular weight is 329 g/mol. The summed E-state index contributed by atoms with van der Waals surface area (Å²) in [4.78, 5) is 15.8. The van der Waals surface area contributed by atoms with Crippen molar-refractivity contribution in [1.82, 2.24) is 10.3 Å². The van der Waals surface area contributed by atoms with Gasteiger partial charge in [0.25, 0.3) is 5.91 Å². The Morgan fingerprint density at radius 2 is 2.14 bits per heavy atom. The fraction of sp³-hybridized carbons (Fsp3) is 0.143. The molecule has 0 saturated carbocycles. The van der Waals surface area contributed by atoms with Crippen molar-refractivity contribution in [3.05, 3.63) is 57.6 Å². The van der Waals surface area contributed by atoms with Gasteiger partial charge < -0.3 is 10.1 Å². The van der Waals surface area contributed by atoms with E-state index in [9.17, 15) is 9.18 Å². The number of ether oxygens (including phenoxy) is 1. The van der Waals surface area contributed by atoms with Crippen molar-refractivity contribution in [2.75, 3.05) is 7.11 Å². The first kappa shape index (κ1) is 15.5. The van der Waals surface area contributed by atoms with Crippen LogP contribution in [0.3, 0.4) is 0 Å². The lowest BCUT2D eigenvalue weighted by Gasteiger charge is -2.09. The van der Waals surface area contributed by atoms with E-state index in [2.05, 4.69) is 10.3 Å². The summed E-state index contributed by atoms with van der Waals surface area (Å²) in [5.74, 6) is -0.834. The molecule has 110 valence electrons. The van der Waals surface area contributed by atoms with Gasteiger partial charge in [-0.25, -0.2) is 9.37 Å². The molecule has 21 heavy (non-hydrogen) atoms. The number of carbonyl (C=O) groups excluding carboxylic acids is 1. The highest BCUT2D eigenvalue weighted by molar-refractivity contribution is 6.38. The Hall–Kier alpha value is -1.85. The van der Waals surface area contributed by atoms with Crippen LogP contribution >= 0.6 is 23.2 Å². The van der Waals surface area contributed by atoms with Gasteiger partial charge in [0.15, 0.2) is 11.6 Å². The third kappa shape index (κ3) is 3.62. The van der Waals surface area contributed by atoms with E-state index < -0.39 is 11.7 Å². The van der Waals surface area contributed by atoms with Crippen LogP contribution in [0.2, 0.25) is 10.2 Å². The van der Waals surface area contributed by atoms with Gasteiger partial charge in [0.1, 0.15) is 5.15 Å². The highest BCUT2D eigenvalue weighted by atomic mass is 35.5. The molecule has 1 heterocycles.